The minimum atomic E-state index is -0.368. The van der Waals surface area contributed by atoms with Gasteiger partial charge in [0.15, 0.2) is 0 Å². The van der Waals surface area contributed by atoms with Crippen LogP contribution < -0.4 is 5.32 Å². The number of hydrogen-bond acceptors (Lipinski definition) is 4. The number of halogens is 2. The summed E-state index contributed by atoms with van der Waals surface area (Å²) in [5.74, 6) is 0.546. The molecule has 0 bridgehead atoms. The first-order chi connectivity index (χ1) is 8.51. The molecule has 1 aromatic rings. The Balaban J connectivity index is 2.78. The molecule has 1 N–H and O–H groups in total. The Bertz CT molecular complexity index is 426. The van der Waals surface area contributed by atoms with E-state index < -0.39 is 0 Å². The summed E-state index contributed by atoms with van der Waals surface area (Å²) in [4.78, 5) is 21.7. The number of likely N-dealkylation sites (N-methyl/N-ethyl adjacent to an activating group) is 1. The number of amides is 1. The van der Waals surface area contributed by atoms with Gasteiger partial charge in [0.1, 0.15) is 23.3 Å². The molecule has 0 saturated carbocycles. The fourth-order valence-corrected chi connectivity index (χ4v) is 1.98. The second-order valence-corrected chi connectivity index (χ2v) is 4.85. The van der Waals surface area contributed by atoms with Gasteiger partial charge in [0.2, 0.25) is 5.91 Å². The molecular formula is C11H16BrClN4O. The molecule has 1 aromatic heterocycles. The predicted octanol–water partition coefficient (Wildman–Crippen LogP) is 2.56. The molecule has 0 aliphatic heterocycles. The molecule has 1 atom stereocenters. The summed E-state index contributed by atoms with van der Waals surface area (Å²) in [7, 11) is 0. The van der Waals surface area contributed by atoms with E-state index in [2.05, 4.69) is 31.2 Å². The fraction of sp³-hybridized carbons (Fsp3) is 0.545. The van der Waals surface area contributed by atoms with E-state index >= 15 is 0 Å². The summed E-state index contributed by atoms with van der Waals surface area (Å²) in [5, 5.41) is 3.34. The summed E-state index contributed by atoms with van der Waals surface area (Å²) >= 11 is 9.15. The largest absolute Gasteiger partial charge is 0.358 e. The molecule has 1 heterocycles. The minimum Gasteiger partial charge on any atom is -0.358 e. The van der Waals surface area contributed by atoms with Gasteiger partial charge in [-0.25, -0.2) is 9.97 Å². The Hall–Kier alpha value is -0.880. The smallest absolute Gasteiger partial charge is 0.244 e. The average molecular weight is 336 g/mol. The molecule has 0 aromatic carbocycles. The SMILES string of the molecule is CCN(CC)C(=O)C(C)Nc1ncnc(Cl)c1Br. The highest BCUT2D eigenvalue weighted by Gasteiger charge is 2.19. The van der Waals surface area contributed by atoms with Crippen molar-refractivity contribution in [3.05, 3.63) is 16.0 Å². The number of anilines is 1. The first-order valence-electron chi connectivity index (χ1n) is 5.72. The molecule has 18 heavy (non-hydrogen) atoms. The summed E-state index contributed by atoms with van der Waals surface area (Å²) in [6, 6.07) is -0.368. The molecule has 7 heteroatoms. The molecule has 0 radical (unpaired) electrons. The Morgan fingerprint density at radius 3 is 2.67 bits per heavy atom. The van der Waals surface area contributed by atoms with Gasteiger partial charge in [-0.3, -0.25) is 4.79 Å². The number of rotatable bonds is 5. The lowest BCUT2D eigenvalue weighted by Crippen LogP contribution is -2.41. The fourth-order valence-electron chi connectivity index (χ4n) is 1.52. The maximum atomic E-state index is 12.1. The first kappa shape index (κ1) is 15.2. The van der Waals surface area contributed by atoms with Crippen LogP contribution in [-0.2, 0) is 4.79 Å². The Labute approximate surface area is 120 Å². The van der Waals surface area contributed by atoms with Crippen molar-refractivity contribution in [3.63, 3.8) is 0 Å². The van der Waals surface area contributed by atoms with Gasteiger partial charge in [-0.2, -0.15) is 0 Å². The Morgan fingerprint density at radius 1 is 1.50 bits per heavy atom. The van der Waals surface area contributed by atoms with E-state index in [4.69, 9.17) is 11.6 Å². The highest BCUT2D eigenvalue weighted by Crippen LogP contribution is 2.26. The highest BCUT2D eigenvalue weighted by molar-refractivity contribution is 9.10. The maximum Gasteiger partial charge on any atom is 0.244 e. The molecule has 0 aliphatic carbocycles. The average Bonchev–Trinajstić information content (AvgIpc) is 2.36. The van der Waals surface area contributed by atoms with Crippen LogP contribution in [-0.4, -0.2) is 39.9 Å². The number of hydrogen-bond donors (Lipinski definition) is 1. The molecule has 0 aliphatic rings. The van der Waals surface area contributed by atoms with E-state index in [1.165, 1.54) is 6.33 Å². The van der Waals surface area contributed by atoms with Gasteiger partial charge < -0.3 is 10.2 Å². The minimum absolute atomic E-state index is 0.0293. The molecule has 100 valence electrons. The quantitative estimate of drug-likeness (QED) is 0.840. The van der Waals surface area contributed by atoms with E-state index in [9.17, 15) is 4.79 Å². The summed E-state index contributed by atoms with van der Waals surface area (Å²) in [5.41, 5.74) is 0. The van der Waals surface area contributed by atoms with Crippen molar-refractivity contribution in [2.75, 3.05) is 18.4 Å². The van der Waals surface area contributed by atoms with Gasteiger partial charge in [-0.15, -0.1) is 0 Å². The van der Waals surface area contributed by atoms with Gasteiger partial charge in [0, 0.05) is 13.1 Å². The normalized spacial score (nSPS) is 12.1. The van der Waals surface area contributed by atoms with Crippen LogP contribution in [0.3, 0.4) is 0 Å². The third-order valence-electron chi connectivity index (χ3n) is 2.55. The number of nitrogens with zero attached hydrogens (tertiary/aromatic N) is 3. The van der Waals surface area contributed by atoms with Crippen molar-refractivity contribution in [1.29, 1.82) is 0 Å². The summed E-state index contributed by atoms with van der Waals surface area (Å²) in [6.45, 7) is 7.07. The monoisotopic (exact) mass is 334 g/mol. The van der Waals surface area contributed by atoms with Gasteiger partial charge in [0.05, 0.1) is 4.47 Å². The summed E-state index contributed by atoms with van der Waals surface area (Å²) in [6.07, 6.45) is 1.35. The van der Waals surface area contributed by atoms with Crippen molar-refractivity contribution in [1.82, 2.24) is 14.9 Å². The lowest BCUT2D eigenvalue weighted by molar-refractivity contribution is -0.131. The van der Waals surface area contributed by atoms with Crippen molar-refractivity contribution in [3.8, 4) is 0 Å². The predicted molar refractivity (Wildman–Crippen MR) is 75.8 cm³/mol. The van der Waals surface area contributed by atoms with Crippen LogP contribution in [0.1, 0.15) is 20.8 Å². The number of aromatic nitrogens is 2. The molecule has 1 amide bonds. The first-order valence-corrected chi connectivity index (χ1v) is 6.89. The molecular weight excluding hydrogens is 320 g/mol. The van der Waals surface area contributed by atoms with Crippen molar-refractivity contribution >= 4 is 39.3 Å². The lowest BCUT2D eigenvalue weighted by Gasteiger charge is -2.24. The molecule has 0 fully saturated rings. The van der Waals surface area contributed by atoms with E-state index in [1.54, 1.807) is 11.8 Å². The molecule has 1 unspecified atom stereocenters. The molecule has 1 rings (SSSR count). The van der Waals surface area contributed by atoms with E-state index in [0.29, 0.717) is 28.5 Å². The lowest BCUT2D eigenvalue weighted by atomic mass is 10.3. The van der Waals surface area contributed by atoms with Crippen LogP contribution in [0.2, 0.25) is 5.15 Å². The maximum absolute atomic E-state index is 12.1. The van der Waals surface area contributed by atoms with E-state index in [-0.39, 0.29) is 11.9 Å². The van der Waals surface area contributed by atoms with Crippen LogP contribution >= 0.6 is 27.5 Å². The van der Waals surface area contributed by atoms with E-state index in [1.807, 2.05) is 13.8 Å². The molecule has 0 saturated heterocycles. The van der Waals surface area contributed by atoms with Crippen LogP contribution in [0.25, 0.3) is 0 Å². The molecule has 0 spiro atoms. The zero-order chi connectivity index (χ0) is 13.7. The van der Waals surface area contributed by atoms with Crippen LogP contribution in [0, 0.1) is 0 Å². The number of nitrogens with one attached hydrogen (secondary N) is 1. The Kier molecular flexibility index (Phi) is 5.81. The van der Waals surface area contributed by atoms with Crippen molar-refractivity contribution < 1.29 is 4.79 Å². The number of carbonyl (C=O) groups is 1. The Morgan fingerprint density at radius 2 is 2.11 bits per heavy atom. The third-order valence-corrected chi connectivity index (χ3v) is 3.81. The van der Waals surface area contributed by atoms with Crippen molar-refractivity contribution in [2.45, 2.75) is 26.8 Å². The van der Waals surface area contributed by atoms with Crippen LogP contribution in [0.15, 0.2) is 10.8 Å². The zero-order valence-electron chi connectivity index (χ0n) is 10.6. The van der Waals surface area contributed by atoms with Gasteiger partial charge in [0.25, 0.3) is 0 Å². The summed E-state index contributed by atoms with van der Waals surface area (Å²) < 4.78 is 0.561. The second-order valence-electron chi connectivity index (χ2n) is 3.70. The standard InChI is InChI=1S/C11H16BrClN4O/c1-4-17(5-2)11(18)7(3)16-10-8(12)9(13)14-6-15-10/h6-7H,4-5H2,1-3H3,(H,14,15,16). The number of carbonyl (C=O) groups excluding carboxylic acids is 1. The van der Waals surface area contributed by atoms with Gasteiger partial charge in [-0.05, 0) is 36.7 Å². The van der Waals surface area contributed by atoms with Gasteiger partial charge in [-0.1, -0.05) is 11.6 Å². The zero-order valence-corrected chi connectivity index (χ0v) is 12.9. The third kappa shape index (κ3) is 3.55. The van der Waals surface area contributed by atoms with Crippen LogP contribution in [0.4, 0.5) is 5.82 Å². The van der Waals surface area contributed by atoms with Crippen molar-refractivity contribution in [2.24, 2.45) is 0 Å². The van der Waals surface area contributed by atoms with E-state index in [0.717, 1.165) is 0 Å². The highest BCUT2D eigenvalue weighted by atomic mass is 79.9. The van der Waals surface area contributed by atoms with Crippen LogP contribution in [0.5, 0.6) is 0 Å². The topological polar surface area (TPSA) is 58.1 Å². The second kappa shape index (κ2) is 6.89. The molecule has 5 nitrogen and oxygen atoms in total. The van der Waals surface area contributed by atoms with Gasteiger partial charge >= 0.3 is 0 Å².